The molecule has 10 nitrogen and oxygen atoms in total. The van der Waals surface area contributed by atoms with Crippen molar-refractivity contribution in [3.05, 3.63) is 18.0 Å². The van der Waals surface area contributed by atoms with Crippen molar-refractivity contribution >= 4 is 22.8 Å². The standard InChI is InChI=1S/C16H19N7O3/c1-2-23-13-10(16(24)19-9-3-5-25-6-4-9)7-18-8-11(13)20-15(23)12-14(17)22-26-21-12/h7-9H,2-6H2,1H3,(H2,17,22)(H,19,24). The van der Waals surface area contributed by atoms with Gasteiger partial charge < -0.3 is 20.4 Å². The monoisotopic (exact) mass is 357 g/mol. The van der Waals surface area contributed by atoms with Gasteiger partial charge in [-0.15, -0.1) is 0 Å². The topological polar surface area (TPSA) is 134 Å². The second-order valence-electron chi connectivity index (χ2n) is 6.09. The van der Waals surface area contributed by atoms with Crippen LogP contribution in [0.25, 0.3) is 22.6 Å². The highest BCUT2D eigenvalue weighted by molar-refractivity contribution is 6.05. The number of pyridine rings is 1. The highest BCUT2D eigenvalue weighted by Gasteiger charge is 2.24. The molecule has 26 heavy (non-hydrogen) atoms. The molecule has 10 heteroatoms. The smallest absolute Gasteiger partial charge is 0.255 e. The van der Waals surface area contributed by atoms with Crippen molar-refractivity contribution in [2.45, 2.75) is 32.4 Å². The van der Waals surface area contributed by atoms with Gasteiger partial charge in [-0.2, -0.15) is 0 Å². The summed E-state index contributed by atoms with van der Waals surface area (Å²) in [5, 5.41) is 10.5. The lowest BCUT2D eigenvalue weighted by Crippen LogP contribution is -2.39. The zero-order valence-corrected chi connectivity index (χ0v) is 14.3. The van der Waals surface area contributed by atoms with Crippen molar-refractivity contribution in [3.8, 4) is 11.5 Å². The van der Waals surface area contributed by atoms with Gasteiger partial charge in [-0.1, -0.05) is 0 Å². The number of aryl methyl sites for hydroxylation is 1. The van der Waals surface area contributed by atoms with Crippen LogP contribution in [0.15, 0.2) is 17.0 Å². The average molecular weight is 357 g/mol. The van der Waals surface area contributed by atoms with Gasteiger partial charge in [0.05, 0.1) is 17.3 Å². The maximum absolute atomic E-state index is 12.9. The minimum atomic E-state index is -0.178. The van der Waals surface area contributed by atoms with E-state index in [-0.39, 0.29) is 17.8 Å². The summed E-state index contributed by atoms with van der Waals surface area (Å²) < 4.78 is 11.9. The Morgan fingerprint density at radius 3 is 2.85 bits per heavy atom. The first-order valence-corrected chi connectivity index (χ1v) is 8.50. The minimum Gasteiger partial charge on any atom is -0.381 e. The zero-order valence-electron chi connectivity index (χ0n) is 14.3. The Balaban J connectivity index is 1.77. The molecular weight excluding hydrogens is 338 g/mol. The summed E-state index contributed by atoms with van der Waals surface area (Å²) in [6.45, 7) is 3.83. The van der Waals surface area contributed by atoms with Gasteiger partial charge in [0.2, 0.25) is 0 Å². The number of nitrogen functional groups attached to an aromatic ring is 1. The van der Waals surface area contributed by atoms with Crippen LogP contribution in [0.2, 0.25) is 0 Å². The Kier molecular flexibility index (Phi) is 4.25. The largest absolute Gasteiger partial charge is 0.381 e. The molecule has 1 saturated heterocycles. The Bertz CT molecular complexity index is 943. The maximum Gasteiger partial charge on any atom is 0.255 e. The summed E-state index contributed by atoms with van der Waals surface area (Å²) in [6.07, 6.45) is 4.77. The first-order chi connectivity index (χ1) is 12.7. The molecule has 0 spiro atoms. The van der Waals surface area contributed by atoms with Crippen LogP contribution in [0, 0.1) is 0 Å². The van der Waals surface area contributed by atoms with Gasteiger partial charge in [-0.25, -0.2) is 9.61 Å². The third-order valence-corrected chi connectivity index (χ3v) is 4.49. The lowest BCUT2D eigenvalue weighted by molar-refractivity contribution is 0.0697. The molecule has 1 amide bonds. The van der Waals surface area contributed by atoms with E-state index in [4.69, 9.17) is 10.5 Å². The van der Waals surface area contributed by atoms with Crippen LogP contribution >= 0.6 is 0 Å². The fraction of sp³-hybridized carbons (Fsp3) is 0.438. The van der Waals surface area contributed by atoms with Crippen LogP contribution in [0.1, 0.15) is 30.1 Å². The molecule has 3 aromatic heterocycles. The molecule has 0 aliphatic carbocycles. The number of aromatic nitrogens is 5. The summed E-state index contributed by atoms with van der Waals surface area (Å²) in [5.74, 6) is 0.466. The van der Waals surface area contributed by atoms with E-state index in [0.29, 0.717) is 47.9 Å². The van der Waals surface area contributed by atoms with E-state index >= 15 is 0 Å². The van der Waals surface area contributed by atoms with Crippen LogP contribution in [0.3, 0.4) is 0 Å². The van der Waals surface area contributed by atoms with Crippen LogP contribution in [-0.4, -0.2) is 50.0 Å². The second kappa shape index (κ2) is 6.71. The van der Waals surface area contributed by atoms with Crippen LogP contribution in [-0.2, 0) is 11.3 Å². The van der Waals surface area contributed by atoms with E-state index in [0.717, 1.165) is 12.8 Å². The summed E-state index contributed by atoms with van der Waals surface area (Å²) in [6, 6.07) is 0.0966. The molecule has 0 atom stereocenters. The molecular formula is C16H19N7O3. The molecule has 1 fully saturated rings. The molecule has 1 aliphatic rings. The number of amides is 1. The van der Waals surface area contributed by atoms with E-state index in [1.165, 1.54) is 0 Å². The molecule has 136 valence electrons. The highest BCUT2D eigenvalue weighted by Crippen LogP contribution is 2.28. The van der Waals surface area contributed by atoms with Crippen molar-refractivity contribution in [1.29, 1.82) is 0 Å². The summed E-state index contributed by atoms with van der Waals surface area (Å²) >= 11 is 0. The number of nitrogens with zero attached hydrogens (tertiary/aromatic N) is 5. The van der Waals surface area contributed by atoms with Crippen molar-refractivity contribution in [3.63, 3.8) is 0 Å². The van der Waals surface area contributed by atoms with Crippen LogP contribution < -0.4 is 11.1 Å². The van der Waals surface area contributed by atoms with Gasteiger partial charge in [-0.3, -0.25) is 9.78 Å². The summed E-state index contributed by atoms with van der Waals surface area (Å²) in [7, 11) is 0. The number of ether oxygens (including phenoxy) is 1. The fourth-order valence-corrected chi connectivity index (χ4v) is 3.20. The zero-order chi connectivity index (χ0) is 18.1. The number of nitrogens with one attached hydrogen (secondary N) is 1. The molecule has 0 unspecified atom stereocenters. The van der Waals surface area contributed by atoms with E-state index in [2.05, 4.69) is 30.2 Å². The van der Waals surface area contributed by atoms with Gasteiger partial charge in [0.1, 0.15) is 5.52 Å². The lowest BCUT2D eigenvalue weighted by atomic mass is 10.1. The predicted molar refractivity (Wildman–Crippen MR) is 92.2 cm³/mol. The molecule has 3 aromatic rings. The van der Waals surface area contributed by atoms with Crippen LogP contribution in [0.5, 0.6) is 0 Å². The first-order valence-electron chi connectivity index (χ1n) is 8.50. The molecule has 0 radical (unpaired) electrons. The molecule has 3 N–H and O–H groups in total. The minimum absolute atomic E-state index is 0.0966. The normalized spacial score (nSPS) is 15.4. The predicted octanol–water partition coefficient (Wildman–Crippen LogP) is 0.992. The number of fused-ring (bicyclic) bond motifs is 1. The van der Waals surface area contributed by atoms with Crippen molar-refractivity contribution in [2.75, 3.05) is 18.9 Å². The fourth-order valence-electron chi connectivity index (χ4n) is 3.20. The van der Waals surface area contributed by atoms with E-state index < -0.39 is 0 Å². The van der Waals surface area contributed by atoms with Crippen molar-refractivity contribution in [1.82, 2.24) is 30.2 Å². The van der Waals surface area contributed by atoms with Gasteiger partial charge in [0.15, 0.2) is 17.3 Å². The lowest BCUT2D eigenvalue weighted by Gasteiger charge is -2.23. The maximum atomic E-state index is 12.9. The number of nitrogens with two attached hydrogens (primary N) is 1. The average Bonchev–Trinajstić information content (AvgIpc) is 3.24. The number of carbonyl (C=O) groups excluding carboxylic acids is 1. The number of carbonyl (C=O) groups is 1. The van der Waals surface area contributed by atoms with Gasteiger partial charge >= 0.3 is 0 Å². The quantitative estimate of drug-likeness (QED) is 0.706. The molecule has 0 bridgehead atoms. The molecule has 0 aromatic carbocycles. The molecule has 0 saturated carbocycles. The second-order valence-corrected chi connectivity index (χ2v) is 6.09. The summed E-state index contributed by atoms with van der Waals surface area (Å²) in [4.78, 5) is 21.6. The van der Waals surface area contributed by atoms with E-state index in [1.54, 1.807) is 12.4 Å². The number of anilines is 1. The third-order valence-electron chi connectivity index (χ3n) is 4.49. The Morgan fingerprint density at radius 2 is 2.15 bits per heavy atom. The highest BCUT2D eigenvalue weighted by atomic mass is 16.6. The van der Waals surface area contributed by atoms with Gasteiger partial charge in [-0.05, 0) is 30.1 Å². The van der Waals surface area contributed by atoms with Crippen molar-refractivity contribution in [2.24, 2.45) is 0 Å². The Labute approximate surface area is 148 Å². The first kappa shape index (κ1) is 16.5. The van der Waals surface area contributed by atoms with Crippen molar-refractivity contribution < 1.29 is 14.2 Å². The van der Waals surface area contributed by atoms with E-state index in [9.17, 15) is 4.79 Å². The number of hydrogen-bond acceptors (Lipinski definition) is 8. The SMILES string of the molecule is CCn1c(-c2nonc2N)nc2cncc(C(=O)NC3CCOCC3)c21. The number of hydrogen-bond donors (Lipinski definition) is 2. The molecule has 4 heterocycles. The van der Waals surface area contributed by atoms with Gasteiger partial charge in [0, 0.05) is 32.0 Å². The molecule has 1 aliphatic heterocycles. The Hall–Kier alpha value is -3.01. The van der Waals surface area contributed by atoms with Gasteiger partial charge in [0.25, 0.3) is 5.91 Å². The Morgan fingerprint density at radius 1 is 1.35 bits per heavy atom. The summed E-state index contributed by atoms with van der Waals surface area (Å²) in [5.41, 5.74) is 7.89. The molecule has 4 rings (SSSR count). The third kappa shape index (κ3) is 2.77. The number of imidazole rings is 1. The van der Waals surface area contributed by atoms with Crippen LogP contribution in [0.4, 0.5) is 5.82 Å². The van der Waals surface area contributed by atoms with E-state index in [1.807, 2.05) is 11.5 Å². The number of rotatable bonds is 4.